The number of halogens is 2. The third-order valence-corrected chi connectivity index (χ3v) is 4.32. The number of benzene rings is 1. The summed E-state index contributed by atoms with van der Waals surface area (Å²) in [7, 11) is 0. The minimum Gasteiger partial charge on any atom is -0.481 e. The number of carboxylic acids is 1. The molecule has 0 bridgehead atoms. The van der Waals surface area contributed by atoms with Gasteiger partial charge >= 0.3 is 5.97 Å². The van der Waals surface area contributed by atoms with Gasteiger partial charge in [-0.05, 0) is 52.6 Å². The second-order valence-corrected chi connectivity index (χ2v) is 8.21. The first-order valence-corrected chi connectivity index (χ1v) is 8.43. The van der Waals surface area contributed by atoms with Gasteiger partial charge in [0.1, 0.15) is 0 Å². The Morgan fingerprint density at radius 3 is 2.52 bits per heavy atom. The second-order valence-electron chi connectivity index (χ2n) is 6.13. The summed E-state index contributed by atoms with van der Waals surface area (Å²) < 4.78 is 1.65. The Morgan fingerprint density at radius 2 is 2.00 bits per heavy atom. The van der Waals surface area contributed by atoms with E-state index in [1.165, 1.54) is 0 Å². The maximum absolute atomic E-state index is 12.2. The lowest BCUT2D eigenvalue weighted by Gasteiger charge is -2.23. The van der Waals surface area contributed by atoms with Gasteiger partial charge in [-0.3, -0.25) is 9.59 Å². The van der Waals surface area contributed by atoms with Gasteiger partial charge in [0, 0.05) is 14.6 Å². The van der Waals surface area contributed by atoms with Gasteiger partial charge in [0.2, 0.25) is 0 Å². The van der Waals surface area contributed by atoms with Gasteiger partial charge in [0.15, 0.2) is 0 Å². The zero-order valence-electron chi connectivity index (χ0n) is 12.2. The molecule has 0 spiro atoms. The lowest BCUT2D eigenvalue weighted by atomic mass is 9.84. The van der Waals surface area contributed by atoms with E-state index in [-0.39, 0.29) is 17.9 Å². The normalized spacial score (nSPS) is 12.8. The van der Waals surface area contributed by atoms with Gasteiger partial charge < -0.3 is 10.4 Å². The van der Waals surface area contributed by atoms with Crippen LogP contribution in [-0.4, -0.2) is 23.5 Å². The third kappa shape index (κ3) is 6.34. The monoisotopic (exact) mass is 467 g/mol. The molecule has 6 heteroatoms. The van der Waals surface area contributed by atoms with Crippen molar-refractivity contribution < 1.29 is 14.7 Å². The number of aliphatic carboxylic acids is 1. The van der Waals surface area contributed by atoms with Gasteiger partial charge in [-0.2, -0.15) is 0 Å². The van der Waals surface area contributed by atoms with E-state index >= 15 is 0 Å². The molecule has 1 atom stereocenters. The summed E-state index contributed by atoms with van der Waals surface area (Å²) in [6, 6.07) is 5.43. The summed E-state index contributed by atoms with van der Waals surface area (Å²) in [4.78, 5) is 23.5. The first kappa shape index (κ1) is 18.4. The fourth-order valence-corrected chi connectivity index (χ4v) is 2.91. The minimum absolute atomic E-state index is 0.0992. The SMILES string of the molecule is CC(C)(C)CC(CNC(=O)c1cc(Br)ccc1I)C(=O)O. The molecule has 0 aliphatic heterocycles. The highest BCUT2D eigenvalue weighted by Crippen LogP contribution is 2.24. The molecule has 1 unspecified atom stereocenters. The third-order valence-electron chi connectivity index (χ3n) is 2.89. The molecule has 1 rings (SSSR count). The van der Waals surface area contributed by atoms with Crippen LogP contribution >= 0.6 is 38.5 Å². The van der Waals surface area contributed by atoms with Crippen molar-refractivity contribution in [1.29, 1.82) is 0 Å². The maximum atomic E-state index is 12.2. The first-order chi connectivity index (χ1) is 9.60. The Hall–Kier alpha value is -0.630. The molecule has 1 aromatic rings. The van der Waals surface area contributed by atoms with Crippen LogP contribution in [0.15, 0.2) is 22.7 Å². The van der Waals surface area contributed by atoms with Crippen LogP contribution in [0.3, 0.4) is 0 Å². The number of carbonyl (C=O) groups excluding carboxylic acids is 1. The van der Waals surface area contributed by atoms with Crippen molar-refractivity contribution >= 4 is 50.4 Å². The van der Waals surface area contributed by atoms with E-state index in [2.05, 4.69) is 43.8 Å². The van der Waals surface area contributed by atoms with Crippen molar-refractivity contribution in [2.75, 3.05) is 6.54 Å². The van der Waals surface area contributed by atoms with Crippen LogP contribution in [0.4, 0.5) is 0 Å². The summed E-state index contributed by atoms with van der Waals surface area (Å²) >= 11 is 5.42. The average molecular weight is 468 g/mol. The second kappa shape index (κ2) is 7.58. The topological polar surface area (TPSA) is 66.4 Å². The van der Waals surface area contributed by atoms with Crippen molar-refractivity contribution in [3.05, 3.63) is 31.8 Å². The summed E-state index contributed by atoms with van der Waals surface area (Å²) in [5, 5.41) is 12.0. The largest absolute Gasteiger partial charge is 0.481 e. The molecular weight excluding hydrogens is 449 g/mol. The smallest absolute Gasteiger partial charge is 0.308 e. The maximum Gasteiger partial charge on any atom is 0.308 e. The van der Waals surface area contributed by atoms with Crippen LogP contribution in [0.1, 0.15) is 37.6 Å². The minimum atomic E-state index is -0.880. The molecule has 0 radical (unpaired) electrons. The Balaban J connectivity index is 2.74. The Morgan fingerprint density at radius 1 is 1.38 bits per heavy atom. The van der Waals surface area contributed by atoms with Crippen LogP contribution in [0.25, 0.3) is 0 Å². The molecule has 116 valence electrons. The van der Waals surface area contributed by atoms with Crippen LogP contribution in [0.2, 0.25) is 0 Å². The average Bonchev–Trinajstić information content (AvgIpc) is 2.35. The number of hydrogen-bond donors (Lipinski definition) is 2. The molecule has 1 amide bonds. The number of nitrogens with one attached hydrogen (secondary N) is 1. The summed E-state index contributed by atoms with van der Waals surface area (Å²) in [6.07, 6.45) is 0.512. The summed E-state index contributed by atoms with van der Waals surface area (Å²) in [6.45, 7) is 6.10. The molecule has 0 fully saturated rings. The van der Waals surface area contributed by atoms with Crippen molar-refractivity contribution in [3.63, 3.8) is 0 Å². The van der Waals surface area contributed by atoms with Crippen molar-refractivity contribution in [1.82, 2.24) is 5.32 Å². The lowest BCUT2D eigenvalue weighted by Crippen LogP contribution is -2.35. The first-order valence-electron chi connectivity index (χ1n) is 6.56. The molecule has 0 heterocycles. The molecule has 2 N–H and O–H groups in total. The zero-order chi connectivity index (χ0) is 16.2. The molecule has 0 aliphatic carbocycles. The van der Waals surface area contributed by atoms with Crippen LogP contribution in [-0.2, 0) is 4.79 Å². The molecule has 0 aliphatic rings. The van der Waals surface area contributed by atoms with Crippen molar-refractivity contribution in [2.24, 2.45) is 11.3 Å². The molecule has 0 saturated heterocycles. The molecule has 21 heavy (non-hydrogen) atoms. The van der Waals surface area contributed by atoms with Gasteiger partial charge in [-0.1, -0.05) is 36.7 Å². The standard InChI is InChI=1S/C15H19BrINO3/c1-15(2,3)7-9(14(20)21)8-18-13(19)11-6-10(16)4-5-12(11)17/h4-6,9H,7-8H2,1-3H3,(H,18,19)(H,20,21). The predicted octanol–water partition coefficient (Wildman–Crippen LogP) is 3.92. The summed E-state index contributed by atoms with van der Waals surface area (Å²) in [5.74, 6) is -1.71. The zero-order valence-corrected chi connectivity index (χ0v) is 16.0. The van der Waals surface area contributed by atoms with E-state index < -0.39 is 11.9 Å². The fourth-order valence-electron chi connectivity index (χ4n) is 1.97. The van der Waals surface area contributed by atoms with E-state index in [9.17, 15) is 14.7 Å². The van der Waals surface area contributed by atoms with Crippen LogP contribution in [0.5, 0.6) is 0 Å². The van der Waals surface area contributed by atoms with Gasteiger partial charge in [-0.15, -0.1) is 0 Å². The number of amides is 1. The van der Waals surface area contributed by atoms with Crippen LogP contribution < -0.4 is 5.32 Å². The van der Waals surface area contributed by atoms with E-state index in [1.807, 2.05) is 32.9 Å². The van der Waals surface area contributed by atoms with E-state index in [1.54, 1.807) is 6.07 Å². The number of carbonyl (C=O) groups is 2. The molecule has 0 aromatic heterocycles. The summed E-state index contributed by atoms with van der Waals surface area (Å²) in [5.41, 5.74) is 0.447. The quantitative estimate of drug-likeness (QED) is 0.645. The van der Waals surface area contributed by atoms with Crippen molar-refractivity contribution in [2.45, 2.75) is 27.2 Å². The number of hydrogen-bond acceptors (Lipinski definition) is 2. The number of rotatable bonds is 5. The molecule has 1 aromatic carbocycles. The number of carboxylic acid groups (broad SMARTS) is 1. The highest BCUT2D eigenvalue weighted by atomic mass is 127. The lowest BCUT2D eigenvalue weighted by molar-refractivity contribution is -0.142. The van der Waals surface area contributed by atoms with Gasteiger partial charge in [0.05, 0.1) is 11.5 Å². The van der Waals surface area contributed by atoms with Crippen LogP contribution in [0, 0.1) is 14.9 Å². The fraction of sp³-hybridized carbons (Fsp3) is 0.467. The predicted molar refractivity (Wildman–Crippen MR) is 94.4 cm³/mol. The van der Waals surface area contributed by atoms with Gasteiger partial charge in [-0.25, -0.2) is 0 Å². The van der Waals surface area contributed by atoms with E-state index in [0.717, 1.165) is 8.04 Å². The Kier molecular flexibility index (Phi) is 6.65. The molecule has 4 nitrogen and oxygen atoms in total. The van der Waals surface area contributed by atoms with E-state index in [0.29, 0.717) is 12.0 Å². The Labute approximate surface area is 147 Å². The highest BCUT2D eigenvalue weighted by Gasteiger charge is 2.25. The molecular formula is C15H19BrINO3. The molecule has 0 saturated carbocycles. The van der Waals surface area contributed by atoms with Gasteiger partial charge in [0.25, 0.3) is 5.91 Å². The van der Waals surface area contributed by atoms with E-state index in [4.69, 9.17) is 0 Å². The highest BCUT2D eigenvalue weighted by molar-refractivity contribution is 14.1. The van der Waals surface area contributed by atoms with Crippen molar-refractivity contribution in [3.8, 4) is 0 Å². The Bertz CT molecular complexity index is 540.